The second-order valence-electron chi connectivity index (χ2n) is 11.2. The average Bonchev–Trinajstić information content (AvgIpc) is 3.63. The molecule has 5 heterocycles. The highest BCUT2D eigenvalue weighted by Crippen LogP contribution is 2.34. The van der Waals surface area contributed by atoms with E-state index in [9.17, 15) is 9.18 Å². The molecule has 0 spiro atoms. The molecule has 2 aliphatic rings. The van der Waals surface area contributed by atoms with Gasteiger partial charge >= 0.3 is 0 Å². The monoisotopic (exact) mass is 573 g/mol. The number of nitrogens with zero attached hydrogens (tertiary/aromatic N) is 3. The number of fused-ring (bicyclic) bond motifs is 2. The first-order valence-electron chi connectivity index (χ1n) is 14.8. The van der Waals surface area contributed by atoms with Crippen molar-refractivity contribution in [2.45, 2.75) is 38.5 Å². The number of pyridine rings is 2. The van der Waals surface area contributed by atoms with Gasteiger partial charge in [0.1, 0.15) is 11.5 Å². The van der Waals surface area contributed by atoms with E-state index in [0.717, 1.165) is 63.0 Å². The van der Waals surface area contributed by atoms with Crippen LogP contribution in [0.3, 0.4) is 0 Å². The molecule has 0 unspecified atom stereocenters. The minimum absolute atomic E-state index is 0.0549. The molecule has 7 rings (SSSR count). The van der Waals surface area contributed by atoms with Gasteiger partial charge in [0.05, 0.1) is 28.8 Å². The van der Waals surface area contributed by atoms with Gasteiger partial charge in [0.25, 0.3) is 0 Å². The number of halogens is 1. The number of carbonyl (C=O) groups excluding carboxylic acids is 1. The van der Waals surface area contributed by atoms with Gasteiger partial charge in [-0.3, -0.25) is 19.9 Å². The quantitative estimate of drug-likeness (QED) is 0.179. The van der Waals surface area contributed by atoms with Crippen LogP contribution >= 0.6 is 0 Å². The van der Waals surface area contributed by atoms with Crippen LogP contribution in [-0.2, 0) is 4.79 Å². The van der Waals surface area contributed by atoms with Crippen molar-refractivity contribution in [3.8, 4) is 22.6 Å². The van der Waals surface area contributed by atoms with E-state index in [0.29, 0.717) is 30.1 Å². The molecule has 8 nitrogen and oxygen atoms in total. The molecule has 1 saturated carbocycles. The minimum atomic E-state index is -0.320. The number of hydrogen-bond acceptors (Lipinski definition) is 5. The number of amides is 1. The summed E-state index contributed by atoms with van der Waals surface area (Å²) in [6, 6.07) is 12.5. The van der Waals surface area contributed by atoms with Gasteiger partial charge in [-0.2, -0.15) is 5.10 Å². The maximum absolute atomic E-state index is 14.7. The number of benzene rings is 1. The Morgan fingerprint density at radius 2 is 1.86 bits per heavy atom. The summed E-state index contributed by atoms with van der Waals surface area (Å²) in [5, 5.41) is 15.8. The maximum Gasteiger partial charge on any atom is 0.224 e. The molecule has 0 atom stereocenters. The summed E-state index contributed by atoms with van der Waals surface area (Å²) in [6.07, 6.45) is 17.8. The highest BCUT2D eigenvalue weighted by atomic mass is 19.1. The van der Waals surface area contributed by atoms with E-state index in [-0.39, 0.29) is 11.7 Å². The highest BCUT2D eigenvalue weighted by Gasteiger charge is 2.19. The summed E-state index contributed by atoms with van der Waals surface area (Å²) >= 11 is 0. The number of aromatic nitrogens is 5. The second-order valence-corrected chi connectivity index (χ2v) is 11.2. The van der Waals surface area contributed by atoms with E-state index in [4.69, 9.17) is 4.98 Å². The summed E-state index contributed by atoms with van der Waals surface area (Å²) in [7, 11) is 0. The molecule has 0 saturated heterocycles. The van der Waals surface area contributed by atoms with E-state index < -0.39 is 0 Å². The molecule has 1 fully saturated rings. The van der Waals surface area contributed by atoms with Gasteiger partial charge in [0.15, 0.2) is 0 Å². The lowest BCUT2D eigenvalue weighted by atomic mass is 9.87. The van der Waals surface area contributed by atoms with E-state index in [2.05, 4.69) is 30.8 Å². The van der Waals surface area contributed by atoms with E-state index in [1.807, 2.05) is 42.6 Å². The standard InChI is InChI=1S/C34H32FN7O/c35-27-11-5-4-10-24(27)33-25-18-30(40-28(25)12-14-37-33)34-26-17-29(38-20-31(26)41-42-34)22-16-23(9-6-13-36-19-22)39-32(43)15-21-7-2-1-3-8-21/h4-6,9-12,14,16-21,36,40H,1-3,7-8,13,15H2,(H,39,43)(H,41,42)/b9-6+,22-19+,23-16+. The molecule has 0 radical (unpaired) electrons. The first-order chi connectivity index (χ1) is 21.1. The lowest BCUT2D eigenvalue weighted by Gasteiger charge is -2.21. The molecule has 1 aliphatic carbocycles. The molecular weight excluding hydrogens is 541 g/mol. The summed E-state index contributed by atoms with van der Waals surface area (Å²) in [6.45, 7) is 0.631. The number of allylic oxidation sites excluding steroid dienone is 3. The minimum Gasteiger partial charge on any atom is -0.387 e. The summed E-state index contributed by atoms with van der Waals surface area (Å²) in [5.41, 5.74) is 6.47. The third kappa shape index (κ3) is 5.58. The highest BCUT2D eigenvalue weighted by molar-refractivity contribution is 6.00. The molecule has 1 aliphatic heterocycles. The fraction of sp³-hybridized carbons (Fsp3) is 0.235. The van der Waals surface area contributed by atoms with Crippen molar-refractivity contribution in [2.75, 3.05) is 6.54 Å². The zero-order chi connectivity index (χ0) is 29.2. The normalized spacial score (nSPS) is 19.1. The Morgan fingerprint density at radius 1 is 1.00 bits per heavy atom. The average molecular weight is 574 g/mol. The molecule has 5 aromatic rings. The number of aromatic amines is 2. The Balaban J connectivity index is 1.21. The summed E-state index contributed by atoms with van der Waals surface area (Å²) < 4.78 is 14.7. The van der Waals surface area contributed by atoms with Crippen molar-refractivity contribution in [2.24, 2.45) is 5.92 Å². The predicted molar refractivity (Wildman–Crippen MR) is 167 cm³/mol. The van der Waals surface area contributed by atoms with Crippen LogP contribution in [0.2, 0.25) is 0 Å². The number of carbonyl (C=O) groups is 1. The van der Waals surface area contributed by atoms with E-state index >= 15 is 0 Å². The van der Waals surface area contributed by atoms with Gasteiger partial charge < -0.3 is 15.6 Å². The largest absolute Gasteiger partial charge is 0.387 e. The van der Waals surface area contributed by atoms with Crippen molar-refractivity contribution >= 4 is 33.3 Å². The Bertz CT molecular complexity index is 1910. The lowest BCUT2D eigenvalue weighted by Crippen LogP contribution is -2.25. The third-order valence-corrected chi connectivity index (χ3v) is 8.26. The third-order valence-electron chi connectivity index (χ3n) is 8.26. The number of nitrogens with one attached hydrogen (secondary N) is 4. The van der Waals surface area contributed by atoms with Gasteiger partial charge in [0, 0.05) is 58.5 Å². The molecule has 1 amide bonds. The van der Waals surface area contributed by atoms with Crippen molar-refractivity contribution < 1.29 is 9.18 Å². The fourth-order valence-corrected chi connectivity index (χ4v) is 6.10. The van der Waals surface area contributed by atoms with Gasteiger partial charge in [-0.15, -0.1) is 0 Å². The van der Waals surface area contributed by atoms with Crippen molar-refractivity contribution in [1.29, 1.82) is 0 Å². The summed E-state index contributed by atoms with van der Waals surface area (Å²) in [5.74, 6) is 0.203. The maximum atomic E-state index is 14.7. The van der Waals surface area contributed by atoms with Crippen molar-refractivity contribution in [3.63, 3.8) is 0 Å². The van der Waals surface area contributed by atoms with Crippen LogP contribution in [0.25, 0.3) is 50.0 Å². The van der Waals surface area contributed by atoms with Gasteiger partial charge in [0.2, 0.25) is 5.91 Å². The Labute approximate surface area is 248 Å². The molecule has 0 bridgehead atoms. The molecule has 216 valence electrons. The van der Waals surface area contributed by atoms with Crippen LogP contribution in [0.4, 0.5) is 4.39 Å². The first-order valence-corrected chi connectivity index (χ1v) is 14.8. The van der Waals surface area contributed by atoms with Crippen molar-refractivity contribution in [1.82, 2.24) is 35.8 Å². The van der Waals surface area contributed by atoms with Crippen LogP contribution in [-0.4, -0.2) is 37.6 Å². The molecular formula is C34H32FN7O. The predicted octanol–water partition coefficient (Wildman–Crippen LogP) is 6.78. The zero-order valence-electron chi connectivity index (χ0n) is 23.7. The van der Waals surface area contributed by atoms with Gasteiger partial charge in [-0.1, -0.05) is 37.5 Å². The molecule has 43 heavy (non-hydrogen) atoms. The fourth-order valence-electron chi connectivity index (χ4n) is 6.10. The van der Waals surface area contributed by atoms with E-state index in [1.165, 1.54) is 25.3 Å². The number of H-pyrrole nitrogens is 2. The number of rotatable bonds is 6. The van der Waals surface area contributed by atoms with Crippen LogP contribution in [0, 0.1) is 11.7 Å². The van der Waals surface area contributed by atoms with E-state index in [1.54, 1.807) is 30.6 Å². The first kappa shape index (κ1) is 26.8. The molecule has 4 aromatic heterocycles. The second kappa shape index (κ2) is 11.7. The van der Waals surface area contributed by atoms with Crippen LogP contribution in [0.5, 0.6) is 0 Å². The Kier molecular flexibility index (Phi) is 7.28. The summed E-state index contributed by atoms with van der Waals surface area (Å²) in [4.78, 5) is 25.5. The zero-order valence-corrected chi connectivity index (χ0v) is 23.7. The Morgan fingerprint density at radius 3 is 2.74 bits per heavy atom. The SMILES string of the molecule is O=C(CC1CCCCC1)NC1=C/C(c2cc3c(-c4cc5c(-c6ccccc6F)nccc5[nH]4)n[nH]c3cn2)=C\NC\C=C\1. The topological polar surface area (TPSA) is 111 Å². The van der Waals surface area contributed by atoms with Crippen LogP contribution in [0.15, 0.2) is 85.0 Å². The molecule has 4 N–H and O–H groups in total. The number of hydrogen-bond donors (Lipinski definition) is 4. The molecule has 9 heteroatoms. The van der Waals surface area contributed by atoms with Crippen LogP contribution in [0.1, 0.15) is 44.2 Å². The van der Waals surface area contributed by atoms with Crippen molar-refractivity contribution in [3.05, 3.63) is 96.5 Å². The van der Waals surface area contributed by atoms with Gasteiger partial charge in [-0.25, -0.2) is 4.39 Å². The van der Waals surface area contributed by atoms with Crippen LogP contribution < -0.4 is 10.6 Å². The Hall–Kier alpha value is -5.05. The molecule has 1 aromatic carbocycles. The van der Waals surface area contributed by atoms with Gasteiger partial charge in [-0.05, 0) is 61.2 Å². The lowest BCUT2D eigenvalue weighted by molar-refractivity contribution is -0.121. The smallest absolute Gasteiger partial charge is 0.224 e.